The Morgan fingerprint density at radius 1 is 1.05 bits per heavy atom. The van der Waals surface area contributed by atoms with E-state index < -0.39 is 5.25 Å². The van der Waals surface area contributed by atoms with Gasteiger partial charge in [0.1, 0.15) is 11.0 Å². The molecule has 2 amide bonds. The van der Waals surface area contributed by atoms with E-state index in [0.29, 0.717) is 11.6 Å². The summed E-state index contributed by atoms with van der Waals surface area (Å²) in [5.41, 5.74) is 5.96. The van der Waals surface area contributed by atoms with Gasteiger partial charge in [0.25, 0.3) is 5.91 Å². The van der Waals surface area contributed by atoms with Gasteiger partial charge in [-0.3, -0.25) is 9.59 Å². The second kappa shape index (κ2) is 10.6. The Bertz CT molecular complexity index is 1390. The third-order valence-corrected chi connectivity index (χ3v) is 7.75. The lowest BCUT2D eigenvalue weighted by atomic mass is 9.98. The number of amides is 2. The number of hydrogen-bond donors (Lipinski definition) is 1. The smallest absolute Gasteiger partial charge is 0.262 e. The number of aryl methyl sites for hydroxylation is 2. The van der Waals surface area contributed by atoms with Crippen molar-refractivity contribution in [3.63, 3.8) is 0 Å². The van der Waals surface area contributed by atoms with E-state index in [1.807, 2.05) is 79.5 Å². The number of methoxy groups -OCH3 is 1. The Morgan fingerprint density at radius 3 is 2.51 bits per heavy atom. The van der Waals surface area contributed by atoms with Gasteiger partial charge in [-0.05, 0) is 72.5 Å². The number of amidine groups is 1. The topological polar surface area (TPSA) is 83.4 Å². The maximum Gasteiger partial charge on any atom is 0.262 e. The van der Waals surface area contributed by atoms with Gasteiger partial charge in [0, 0.05) is 18.5 Å². The molecular weight excluding hydrogens is 484 g/mol. The lowest BCUT2D eigenvalue weighted by Crippen LogP contribution is -2.25. The zero-order valence-electron chi connectivity index (χ0n) is 21.0. The Kier molecular flexibility index (Phi) is 7.10. The highest BCUT2D eigenvalue weighted by Crippen LogP contribution is 2.38. The highest BCUT2D eigenvalue weighted by atomic mass is 32.2. The van der Waals surface area contributed by atoms with E-state index in [1.54, 1.807) is 7.11 Å². The summed E-state index contributed by atoms with van der Waals surface area (Å²) in [6.07, 6.45) is 0.713. The lowest BCUT2D eigenvalue weighted by Gasteiger charge is -2.23. The van der Waals surface area contributed by atoms with Crippen molar-refractivity contribution in [1.82, 2.24) is 5.01 Å². The SMILES string of the molecule is COc1ccc(C2=NN(C3=NC(=O)[C@@H](CC(=O)Nc4ccc(C)c(C)c4)S3)[C@@H](c3ccccc3)C2)cc1. The fourth-order valence-electron chi connectivity index (χ4n) is 4.38. The number of hydrogen-bond acceptors (Lipinski definition) is 6. The summed E-state index contributed by atoms with van der Waals surface area (Å²) >= 11 is 1.30. The van der Waals surface area contributed by atoms with Crippen LogP contribution in [-0.2, 0) is 9.59 Å². The van der Waals surface area contributed by atoms with Crippen LogP contribution in [0.4, 0.5) is 5.69 Å². The molecule has 2 aliphatic rings. The maximum absolute atomic E-state index is 12.8. The van der Waals surface area contributed by atoms with Gasteiger partial charge in [-0.1, -0.05) is 48.2 Å². The van der Waals surface area contributed by atoms with Crippen molar-refractivity contribution >= 4 is 40.1 Å². The highest BCUT2D eigenvalue weighted by molar-refractivity contribution is 8.15. The highest BCUT2D eigenvalue weighted by Gasteiger charge is 2.39. The van der Waals surface area contributed by atoms with Gasteiger partial charge < -0.3 is 10.1 Å². The van der Waals surface area contributed by atoms with Gasteiger partial charge in [0.05, 0.1) is 18.9 Å². The number of carbonyl (C=O) groups excluding carboxylic acids is 2. The van der Waals surface area contributed by atoms with Gasteiger partial charge in [-0.2, -0.15) is 10.1 Å². The van der Waals surface area contributed by atoms with Crippen molar-refractivity contribution < 1.29 is 14.3 Å². The van der Waals surface area contributed by atoms with Crippen molar-refractivity contribution in [3.05, 3.63) is 95.1 Å². The number of ether oxygens (including phenoxy) is 1. The summed E-state index contributed by atoms with van der Waals surface area (Å²) in [7, 11) is 1.64. The molecule has 2 aliphatic heterocycles. The molecule has 0 saturated carbocycles. The second-order valence-electron chi connectivity index (χ2n) is 9.14. The van der Waals surface area contributed by atoms with Crippen LogP contribution in [0.25, 0.3) is 0 Å². The molecule has 0 bridgehead atoms. The quantitative estimate of drug-likeness (QED) is 0.472. The Morgan fingerprint density at radius 2 is 1.81 bits per heavy atom. The molecule has 0 radical (unpaired) electrons. The fraction of sp³-hybridized carbons (Fsp3) is 0.241. The van der Waals surface area contributed by atoms with Gasteiger partial charge in [-0.25, -0.2) is 5.01 Å². The first-order chi connectivity index (χ1) is 17.9. The molecule has 0 spiro atoms. The molecule has 5 rings (SSSR count). The third kappa shape index (κ3) is 5.44. The molecule has 0 aromatic heterocycles. The standard InChI is InChI=1S/C29H28N4O3S/c1-18-9-12-22(15-19(18)2)30-27(34)17-26-28(35)31-29(37-26)33-25(21-7-5-4-6-8-21)16-24(32-33)20-10-13-23(36-3)14-11-20/h4-15,25-26H,16-17H2,1-3H3,(H,30,34)/t25-,26-/m1/s1. The molecule has 0 aliphatic carbocycles. The van der Waals surface area contributed by atoms with Crippen molar-refractivity contribution in [2.24, 2.45) is 10.1 Å². The van der Waals surface area contributed by atoms with E-state index in [1.165, 1.54) is 11.8 Å². The number of thioether (sulfide) groups is 1. The molecule has 37 heavy (non-hydrogen) atoms. The first kappa shape index (κ1) is 24.8. The summed E-state index contributed by atoms with van der Waals surface area (Å²) < 4.78 is 5.29. The van der Waals surface area contributed by atoms with Crippen LogP contribution < -0.4 is 10.1 Å². The molecule has 1 N–H and O–H groups in total. The minimum Gasteiger partial charge on any atom is -0.497 e. The van der Waals surface area contributed by atoms with E-state index in [2.05, 4.69) is 22.4 Å². The van der Waals surface area contributed by atoms with E-state index in [0.717, 1.165) is 39.4 Å². The van der Waals surface area contributed by atoms with Crippen molar-refractivity contribution in [2.45, 2.75) is 38.0 Å². The lowest BCUT2D eigenvalue weighted by molar-refractivity contribution is -0.121. The summed E-state index contributed by atoms with van der Waals surface area (Å²) in [5.74, 6) is 0.256. The van der Waals surface area contributed by atoms with Gasteiger partial charge >= 0.3 is 0 Å². The number of hydrazone groups is 1. The van der Waals surface area contributed by atoms with Gasteiger partial charge in [0.15, 0.2) is 5.17 Å². The van der Waals surface area contributed by atoms with Crippen molar-refractivity contribution in [2.75, 3.05) is 12.4 Å². The van der Waals surface area contributed by atoms with Gasteiger partial charge in [-0.15, -0.1) is 0 Å². The fourth-order valence-corrected chi connectivity index (χ4v) is 5.44. The van der Waals surface area contributed by atoms with Crippen molar-refractivity contribution in [1.29, 1.82) is 0 Å². The minimum absolute atomic E-state index is 0.0440. The van der Waals surface area contributed by atoms with Crippen LogP contribution in [-0.4, -0.2) is 40.1 Å². The first-order valence-electron chi connectivity index (χ1n) is 12.1. The number of aliphatic imine (C=N–C) groups is 1. The minimum atomic E-state index is -0.585. The molecule has 0 fully saturated rings. The Hall–Kier alpha value is -3.91. The monoisotopic (exact) mass is 512 g/mol. The summed E-state index contributed by atoms with van der Waals surface area (Å²) in [6.45, 7) is 4.03. The van der Waals surface area contributed by atoms with Crippen LogP contribution in [0.5, 0.6) is 5.75 Å². The van der Waals surface area contributed by atoms with Crippen LogP contribution in [0.1, 0.15) is 41.1 Å². The average Bonchev–Trinajstić information content (AvgIpc) is 3.51. The van der Waals surface area contributed by atoms with Gasteiger partial charge in [0.2, 0.25) is 5.91 Å². The Balaban J connectivity index is 1.33. The third-order valence-electron chi connectivity index (χ3n) is 6.60. The molecule has 2 heterocycles. The normalized spacial score (nSPS) is 19.0. The molecular formula is C29H28N4O3S. The second-order valence-corrected chi connectivity index (χ2v) is 10.3. The molecule has 3 aromatic carbocycles. The van der Waals surface area contributed by atoms with E-state index in [-0.39, 0.29) is 24.3 Å². The van der Waals surface area contributed by atoms with Crippen LogP contribution >= 0.6 is 11.8 Å². The predicted molar refractivity (Wildman–Crippen MR) is 148 cm³/mol. The number of anilines is 1. The predicted octanol–water partition coefficient (Wildman–Crippen LogP) is 5.49. The first-order valence-corrected chi connectivity index (χ1v) is 13.0. The number of carbonyl (C=O) groups is 2. The molecule has 0 unspecified atom stereocenters. The Labute approximate surface area is 220 Å². The zero-order chi connectivity index (χ0) is 25.9. The zero-order valence-corrected chi connectivity index (χ0v) is 21.8. The summed E-state index contributed by atoms with van der Waals surface area (Å²) in [5, 5.41) is 9.57. The van der Waals surface area contributed by atoms with Crippen molar-refractivity contribution in [3.8, 4) is 5.75 Å². The average molecular weight is 513 g/mol. The maximum atomic E-state index is 12.8. The number of benzene rings is 3. The summed E-state index contributed by atoms with van der Waals surface area (Å²) in [6, 6.07) is 23.5. The number of rotatable bonds is 6. The van der Waals surface area contributed by atoms with E-state index in [9.17, 15) is 9.59 Å². The molecule has 3 aromatic rings. The molecule has 8 heteroatoms. The van der Waals surface area contributed by atoms with E-state index >= 15 is 0 Å². The number of nitrogens with zero attached hydrogens (tertiary/aromatic N) is 3. The van der Waals surface area contributed by atoms with Crippen LogP contribution in [0.2, 0.25) is 0 Å². The largest absolute Gasteiger partial charge is 0.497 e. The molecule has 188 valence electrons. The van der Waals surface area contributed by atoms with Crippen LogP contribution in [0.3, 0.4) is 0 Å². The van der Waals surface area contributed by atoms with E-state index in [4.69, 9.17) is 9.84 Å². The number of nitrogens with one attached hydrogen (secondary N) is 1. The van der Waals surface area contributed by atoms with Crippen LogP contribution in [0, 0.1) is 13.8 Å². The molecule has 0 saturated heterocycles. The summed E-state index contributed by atoms with van der Waals surface area (Å²) in [4.78, 5) is 29.9. The molecule has 7 nitrogen and oxygen atoms in total. The van der Waals surface area contributed by atoms with Crippen LogP contribution in [0.15, 0.2) is 82.9 Å². The molecule has 2 atom stereocenters.